The molecule has 0 saturated heterocycles. The number of carbonyl (C=O) groups is 3. The molecule has 0 atom stereocenters. The Kier molecular flexibility index (Phi) is 5.01. The maximum Gasteiger partial charge on any atom is 0.328 e. The van der Waals surface area contributed by atoms with Gasteiger partial charge in [0.2, 0.25) is 0 Å². The van der Waals surface area contributed by atoms with E-state index in [1.807, 2.05) is 5.32 Å². The van der Waals surface area contributed by atoms with E-state index in [0.717, 1.165) is 12.1 Å². The molecule has 8 heteroatoms. The molecular formula is C11H8ClFN2O4. The van der Waals surface area contributed by atoms with Gasteiger partial charge in [-0.2, -0.15) is 0 Å². The molecule has 0 aliphatic rings. The van der Waals surface area contributed by atoms with Crippen LogP contribution in [-0.4, -0.2) is 23.0 Å². The smallest absolute Gasteiger partial charge is 0.328 e. The van der Waals surface area contributed by atoms with Crippen molar-refractivity contribution in [2.24, 2.45) is 0 Å². The molecule has 0 fully saturated rings. The summed E-state index contributed by atoms with van der Waals surface area (Å²) in [5, 5.41) is 12.2. The zero-order valence-corrected chi connectivity index (χ0v) is 10.1. The Morgan fingerprint density at radius 1 is 1.26 bits per heavy atom. The lowest BCUT2D eigenvalue weighted by Gasteiger charge is -2.05. The van der Waals surface area contributed by atoms with Gasteiger partial charge in [-0.1, -0.05) is 11.6 Å². The summed E-state index contributed by atoms with van der Waals surface area (Å²) in [5.41, 5.74) is 0.180. The first kappa shape index (κ1) is 14.7. The van der Waals surface area contributed by atoms with E-state index in [4.69, 9.17) is 16.7 Å². The van der Waals surface area contributed by atoms with Gasteiger partial charge in [0.25, 0.3) is 5.91 Å². The maximum atomic E-state index is 12.8. The van der Waals surface area contributed by atoms with E-state index in [-0.39, 0.29) is 10.7 Å². The Morgan fingerprint density at radius 2 is 1.95 bits per heavy atom. The Balaban J connectivity index is 2.58. The normalized spacial score (nSPS) is 10.2. The second-order valence-corrected chi connectivity index (χ2v) is 3.65. The average Bonchev–Trinajstić information content (AvgIpc) is 2.31. The molecule has 100 valence electrons. The number of hydrogen-bond acceptors (Lipinski definition) is 3. The van der Waals surface area contributed by atoms with Crippen LogP contribution in [0, 0.1) is 5.82 Å². The first-order chi connectivity index (χ1) is 8.88. The summed E-state index contributed by atoms with van der Waals surface area (Å²) in [5.74, 6) is -2.87. The summed E-state index contributed by atoms with van der Waals surface area (Å²) >= 11 is 5.50. The molecule has 0 heterocycles. The summed E-state index contributed by atoms with van der Waals surface area (Å²) in [6.45, 7) is 0. The highest BCUT2D eigenvalue weighted by Gasteiger charge is 2.07. The molecule has 0 bridgehead atoms. The van der Waals surface area contributed by atoms with Crippen molar-refractivity contribution < 1.29 is 23.9 Å². The number of nitrogens with one attached hydrogen (secondary N) is 2. The number of carboxylic acids is 1. The van der Waals surface area contributed by atoms with Crippen molar-refractivity contribution in [1.82, 2.24) is 5.32 Å². The van der Waals surface area contributed by atoms with Crippen LogP contribution in [0.2, 0.25) is 5.02 Å². The molecule has 19 heavy (non-hydrogen) atoms. The summed E-state index contributed by atoms with van der Waals surface area (Å²) in [6, 6.07) is 2.55. The van der Waals surface area contributed by atoms with Crippen molar-refractivity contribution in [3.8, 4) is 0 Å². The number of hydrogen-bond donors (Lipinski definition) is 3. The Labute approximate surface area is 111 Å². The SMILES string of the molecule is O=C(O)/C=C/C(=O)NC(=O)Nc1ccc(F)c(Cl)c1. The van der Waals surface area contributed by atoms with E-state index in [1.54, 1.807) is 0 Å². The van der Waals surface area contributed by atoms with E-state index >= 15 is 0 Å². The van der Waals surface area contributed by atoms with Gasteiger partial charge in [-0.3, -0.25) is 10.1 Å². The minimum atomic E-state index is -1.32. The van der Waals surface area contributed by atoms with E-state index in [2.05, 4.69) is 5.32 Å². The minimum absolute atomic E-state index is 0.180. The summed E-state index contributed by atoms with van der Waals surface area (Å²) < 4.78 is 12.8. The second-order valence-electron chi connectivity index (χ2n) is 3.24. The molecule has 0 aliphatic carbocycles. The Bertz CT molecular complexity index is 560. The molecule has 3 amide bonds. The van der Waals surface area contributed by atoms with Crippen LogP contribution in [0.25, 0.3) is 0 Å². The van der Waals surface area contributed by atoms with Gasteiger partial charge in [0, 0.05) is 17.8 Å². The number of halogens is 2. The van der Waals surface area contributed by atoms with Gasteiger partial charge in [0.1, 0.15) is 5.82 Å². The van der Waals surface area contributed by atoms with Crippen LogP contribution in [0.1, 0.15) is 0 Å². The molecule has 6 nitrogen and oxygen atoms in total. The zero-order chi connectivity index (χ0) is 14.4. The number of rotatable bonds is 3. The number of aliphatic carboxylic acids is 1. The van der Waals surface area contributed by atoms with Crippen molar-refractivity contribution in [3.63, 3.8) is 0 Å². The molecule has 0 aromatic heterocycles. The lowest BCUT2D eigenvalue weighted by Crippen LogP contribution is -2.33. The van der Waals surface area contributed by atoms with Gasteiger partial charge < -0.3 is 10.4 Å². The van der Waals surface area contributed by atoms with Gasteiger partial charge in [-0.25, -0.2) is 14.0 Å². The molecular weight excluding hydrogens is 279 g/mol. The van der Waals surface area contributed by atoms with Gasteiger partial charge in [0.05, 0.1) is 5.02 Å². The molecule has 1 rings (SSSR count). The van der Waals surface area contributed by atoms with Crippen molar-refractivity contribution >= 4 is 35.2 Å². The highest BCUT2D eigenvalue weighted by atomic mass is 35.5. The number of carboxylic acid groups (broad SMARTS) is 1. The molecule has 0 radical (unpaired) electrons. The third kappa shape index (κ3) is 5.17. The first-order valence-corrected chi connectivity index (χ1v) is 5.24. The number of amides is 3. The summed E-state index contributed by atoms with van der Waals surface area (Å²) in [7, 11) is 0. The molecule has 0 saturated carbocycles. The predicted octanol–water partition coefficient (Wildman–Crippen LogP) is 1.77. The predicted molar refractivity (Wildman–Crippen MR) is 65.3 cm³/mol. The molecule has 0 unspecified atom stereocenters. The molecule has 0 spiro atoms. The van der Waals surface area contributed by atoms with Gasteiger partial charge in [-0.05, 0) is 18.2 Å². The minimum Gasteiger partial charge on any atom is -0.478 e. The lowest BCUT2D eigenvalue weighted by molar-refractivity contribution is -0.131. The fourth-order valence-electron chi connectivity index (χ4n) is 1.04. The first-order valence-electron chi connectivity index (χ1n) is 4.86. The highest BCUT2D eigenvalue weighted by molar-refractivity contribution is 6.31. The third-order valence-electron chi connectivity index (χ3n) is 1.79. The van der Waals surface area contributed by atoms with Crippen LogP contribution < -0.4 is 10.6 Å². The van der Waals surface area contributed by atoms with Gasteiger partial charge >= 0.3 is 12.0 Å². The molecule has 1 aromatic rings. The number of anilines is 1. The largest absolute Gasteiger partial charge is 0.478 e. The fourth-order valence-corrected chi connectivity index (χ4v) is 1.22. The Hall–Kier alpha value is -2.41. The van der Waals surface area contributed by atoms with E-state index < -0.39 is 23.7 Å². The van der Waals surface area contributed by atoms with Crippen LogP contribution in [-0.2, 0) is 9.59 Å². The number of carbonyl (C=O) groups excluding carboxylic acids is 2. The van der Waals surface area contributed by atoms with Crippen LogP contribution in [0.15, 0.2) is 30.4 Å². The van der Waals surface area contributed by atoms with Crippen molar-refractivity contribution in [2.45, 2.75) is 0 Å². The monoisotopic (exact) mass is 286 g/mol. The van der Waals surface area contributed by atoms with Crippen molar-refractivity contribution in [1.29, 1.82) is 0 Å². The highest BCUT2D eigenvalue weighted by Crippen LogP contribution is 2.19. The van der Waals surface area contributed by atoms with E-state index in [1.165, 1.54) is 6.07 Å². The fraction of sp³-hybridized carbons (Fsp3) is 0. The molecule has 1 aromatic carbocycles. The number of urea groups is 1. The quantitative estimate of drug-likeness (QED) is 0.738. The number of benzene rings is 1. The standard InChI is InChI=1S/C11H8ClFN2O4/c12-7-5-6(1-2-8(7)13)14-11(19)15-9(16)3-4-10(17)18/h1-5H,(H,17,18)(H2,14,15,16,19)/b4-3+. The van der Waals surface area contributed by atoms with E-state index in [0.29, 0.717) is 12.2 Å². The van der Waals surface area contributed by atoms with Crippen LogP contribution in [0.3, 0.4) is 0 Å². The average molecular weight is 287 g/mol. The topological polar surface area (TPSA) is 95.5 Å². The maximum absolute atomic E-state index is 12.8. The molecule has 0 aliphatic heterocycles. The zero-order valence-electron chi connectivity index (χ0n) is 9.31. The third-order valence-corrected chi connectivity index (χ3v) is 2.08. The van der Waals surface area contributed by atoms with Gasteiger partial charge in [0.15, 0.2) is 0 Å². The lowest BCUT2D eigenvalue weighted by atomic mass is 10.3. The van der Waals surface area contributed by atoms with Gasteiger partial charge in [-0.15, -0.1) is 0 Å². The van der Waals surface area contributed by atoms with Crippen molar-refractivity contribution in [3.05, 3.63) is 41.2 Å². The summed E-state index contributed by atoms with van der Waals surface area (Å²) in [6.07, 6.45) is 1.26. The molecule has 3 N–H and O–H groups in total. The number of imide groups is 1. The second kappa shape index (κ2) is 6.50. The van der Waals surface area contributed by atoms with Crippen molar-refractivity contribution in [2.75, 3.05) is 5.32 Å². The van der Waals surface area contributed by atoms with Crippen LogP contribution in [0.5, 0.6) is 0 Å². The van der Waals surface area contributed by atoms with Crippen LogP contribution >= 0.6 is 11.6 Å². The summed E-state index contributed by atoms with van der Waals surface area (Å²) in [4.78, 5) is 32.5. The van der Waals surface area contributed by atoms with Crippen LogP contribution in [0.4, 0.5) is 14.9 Å². The Morgan fingerprint density at radius 3 is 2.53 bits per heavy atom. The van der Waals surface area contributed by atoms with E-state index in [9.17, 15) is 18.8 Å².